The summed E-state index contributed by atoms with van der Waals surface area (Å²) in [7, 11) is 0. The number of pyridine rings is 1. The highest BCUT2D eigenvalue weighted by Gasteiger charge is 2.19. The molecule has 2 aromatic carbocycles. The van der Waals surface area contributed by atoms with Crippen LogP contribution >= 0.6 is 23.2 Å². The Morgan fingerprint density at radius 2 is 1.90 bits per heavy atom. The molecule has 1 aromatic heterocycles. The molecule has 156 valence electrons. The van der Waals surface area contributed by atoms with Gasteiger partial charge in [-0.3, -0.25) is 9.78 Å². The van der Waals surface area contributed by atoms with Crippen molar-refractivity contribution in [2.24, 2.45) is 0 Å². The van der Waals surface area contributed by atoms with E-state index in [1.165, 1.54) is 0 Å². The largest absolute Gasteiger partial charge is 0.487 e. The van der Waals surface area contributed by atoms with Gasteiger partial charge in [-0.05, 0) is 61.9 Å². The number of carbonyl (C=O) groups excluding carboxylic acids is 1. The molecule has 0 saturated heterocycles. The Bertz CT molecular complexity index is 999. The van der Waals surface area contributed by atoms with Crippen LogP contribution in [0, 0.1) is 0 Å². The lowest BCUT2D eigenvalue weighted by molar-refractivity contribution is -0.127. The summed E-state index contributed by atoms with van der Waals surface area (Å²) >= 11 is 12.0. The van der Waals surface area contributed by atoms with Crippen LogP contribution in [0.15, 0.2) is 66.9 Å². The van der Waals surface area contributed by atoms with E-state index in [0.717, 1.165) is 11.3 Å². The van der Waals surface area contributed by atoms with Crippen molar-refractivity contribution in [3.63, 3.8) is 0 Å². The lowest BCUT2D eigenvalue weighted by atomic mass is 10.1. The molecule has 2 atom stereocenters. The van der Waals surface area contributed by atoms with Gasteiger partial charge in [-0.25, -0.2) is 0 Å². The first-order chi connectivity index (χ1) is 14.4. The van der Waals surface area contributed by atoms with Crippen molar-refractivity contribution in [2.75, 3.05) is 0 Å². The van der Waals surface area contributed by atoms with Gasteiger partial charge < -0.3 is 14.8 Å². The SMILES string of the molecule is CC(Oc1ccc(Cl)cc1Cl)C(=O)NC(C)c1cccc(OCc2ccccn2)c1. The average Bonchev–Trinajstić information content (AvgIpc) is 2.75. The van der Waals surface area contributed by atoms with Crippen LogP contribution in [0.5, 0.6) is 11.5 Å². The van der Waals surface area contributed by atoms with Gasteiger partial charge in [-0.15, -0.1) is 0 Å². The van der Waals surface area contributed by atoms with Crippen LogP contribution in [0.4, 0.5) is 0 Å². The highest BCUT2D eigenvalue weighted by Crippen LogP contribution is 2.28. The zero-order valence-corrected chi connectivity index (χ0v) is 18.2. The monoisotopic (exact) mass is 444 g/mol. The number of hydrogen-bond acceptors (Lipinski definition) is 4. The third-order valence-electron chi connectivity index (χ3n) is 4.40. The van der Waals surface area contributed by atoms with E-state index in [9.17, 15) is 4.79 Å². The molecule has 0 radical (unpaired) electrons. The molecular weight excluding hydrogens is 423 g/mol. The predicted octanol–water partition coefficient (Wildman–Crippen LogP) is 5.61. The number of halogens is 2. The molecule has 5 nitrogen and oxygen atoms in total. The Kier molecular flexibility index (Phi) is 7.55. The van der Waals surface area contributed by atoms with Crippen LogP contribution in [-0.4, -0.2) is 17.0 Å². The Morgan fingerprint density at radius 1 is 1.07 bits per heavy atom. The number of ether oxygens (including phenoxy) is 2. The predicted molar refractivity (Wildman–Crippen MR) is 118 cm³/mol. The second kappa shape index (κ2) is 10.3. The number of hydrogen-bond donors (Lipinski definition) is 1. The van der Waals surface area contributed by atoms with E-state index in [4.69, 9.17) is 32.7 Å². The number of nitrogens with one attached hydrogen (secondary N) is 1. The van der Waals surface area contributed by atoms with E-state index < -0.39 is 6.10 Å². The third kappa shape index (κ3) is 6.12. The van der Waals surface area contributed by atoms with E-state index in [0.29, 0.717) is 28.2 Å². The number of benzene rings is 2. The molecule has 0 spiro atoms. The molecule has 2 unspecified atom stereocenters. The molecule has 0 saturated carbocycles. The van der Waals surface area contributed by atoms with Crippen molar-refractivity contribution >= 4 is 29.1 Å². The zero-order valence-electron chi connectivity index (χ0n) is 16.6. The molecular formula is C23H22Cl2N2O3. The van der Waals surface area contributed by atoms with Gasteiger partial charge in [0.15, 0.2) is 6.10 Å². The number of amides is 1. The maximum atomic E-state index is 12.6. The van der Waals surface area contributed by atoms with E-state index in [1.54, 1.807) is 31.3 Å². The number of rotatable bonds is 8. The molecule has 0 aliphatic carbocycles. The second-order valence-electron chi connectivity index (χ2n) is 6.75. The first kappa shape index (κ1) is 21.9. The third-order valence-corrected chi connectivity index (χ3v) is 4.93. The molecule has 1 N–H and O–H groups in total. The first-order valence-corrected chi connectivity index (χ1v) is 10.2. The van der Waals surface area contributed by atoms with E-state index in [-0.39, 0.29) is 11.9 Å². The molecule has 3 aromatic rings. The maximum Gasteiger partial charge on any atom is 0.261 e. The lowest BCUT2D eigenvalue weighted by Gasteiger charge is -2.20. The van der Waals surface area contributed by atoms with Crippen LogP contribution in [0.1, 0.15) is 31.1 Å². The molecule has 0 bridgehead atoms. The fraction of sp³-hybridized carbons (Fsp3) is 0.217. The first-order valence-electron chi connectivity index (χ1n) is 9.47. The lowest BCUT2D eigenvalue weighted by Crippen LogP contribution is -2.37. The zero-order chi connectivity index (χ0) is 21.5. The minimum absolute atomic E-state index is 0.234. The Balaban J connectivity index is 1.58. The Hall–Kier alpha value is -2.76. The summed E-state index contributed by atoms with van der Waals surface area (Å²) in [4.78, 5) is 16.8. The second-order valence-corrected chi connectivity index (χ2v) is 7.59. The van der Waals surface area contributed by atoms with Crippen molar-refractivity contribution in [1.82, 2.24) is 10.3 Å². The number of nitrogens with zero attached hydrogens (tertiary/aromatic N) is 1. The summed E-state index contributed by atoms with van der Waals surface area (Å²) in [5.41, 5.74) is 1.76. The molecule has 3 rings (SSSR count). The minimum atomic E-state index is -0.727. The number of carbonyl (C=O) groups is 1. The maximum absolute atomic E-state index is 12.6. The Labute approximate surface area is 185 Å². The van der Waals surface area contributed by atoms with Crippen LogP contribution in [-0.2, 0) is 11.4 Å². The quantitative estimate of drug-likeness (QED) is 0.490. The van der Waals surface area contributed by atoms with Gasteiger partial charge in [-0.2, -0.15) is 0 Å². The minimum Gasteiger partial charge on any atom is -0.487 e. The molecule has 7 heteroatoms. The molecule has 1 amide bonds. The summed E-state index contributed by atoms with van der Waals surface area (Å²) in [6.45, 7) is 3.94. The van der Waals surface area contributed by atoms with Gasteiger partial charge in [0.05, 0.1) is 16.8 Å². The van der Waals surface area contributed by atoms with Gasteiger partial charge >= 0.3 is 0 Å². The van der Waals surface area contributed by atoms with E-state index >= 15 is 0 Å². The van der Waals surface area contributed by atoms with Crippen LogP contribution < -0.4 is 14.8 Å². The van der Waals surface area contributed by atoms with E-state index in [2.05, 4.69) is 10.3 Å². The van der Waals surface area contributed by atoms with Gasteiger partial charge in [-0.1, -0.05) is 41.4 Å². The van der Waals surface area contributed by atoms with E-state index in [1.807, 2.05) is 49.4 Å². The molecule has 0 aliphatic rings. The van der Waals surface area contributed by atoms with Crippen LogP contribution in [0.3, 0.4) is 0 Å². The highest BCUT2D eigenvalue weighted by atomic mass is 35.5. The fourth-order valence-corrected chi connectivity index (χ4v) is 3.20. The summed E-state index contributed by atoms with van der Waals surface area (Å²) < 4.78 is 11.5. The molecule has 30 heavy (non-hydrogen) atoms. The van der Waals surface area contributed by atoms with Crippen molar-refractivity contribution in [3.8, 4) is 11.5 Å². The summed E-state index contributed by atoms with van der Waals surface area (Å²) in [5, 5.41) is 3.80. The van der Waals surface area contributed by atoms with Crippen molar-refractivity contribution in [2.45, 2.75) is 32.6 Å². The normalized spacial score (nSPS) is 12.7. The average molecular weight is 445 g/mol. The fourth-order valence-electron chi connectivity index (χ4n) is 2.74. The molecule has 0 fully saturated rings. The Morgan fingerprint density at radius 3 is 2.63 bits per heavy atom. The van der Waals surface area contributed by atoms with Gasteiger partial charge in [0.1, 0.15) is 18.1 Å². The highest BCUT2D eigenvalue weighted by molar-refractivity contribution is 6.35. The van der Waals surface area contributed by atoms with Crippen molar-refractivity contribution in [3.05, 3.63) is 88.2 Å². The van der Waals surface area contributed by atoms with Gasteiger partial charge in [0.2, 0.25) is 0 Å². The summed E-state index contributed by atoms with van der Waals surface area (Å²) in [6, 6.07) is 17.9. The molecule has 0 aliphatic heterocycles. The van der Waals surface area contributed by atoms with Crippen molar-refractivity contribution < 1.29 is 14.3 Å². The smallest absolute Gasteiger partial charge is 0.261 e. The standard InChI is InChI=1S/C23H22Cl2N2O3/c1-15(27-23(28)16(2)30-22-10-9-18(24)13-21(22)25)17-6-5-8-20(12-17)29-14-19-7-3-4-11-26-19/h3-13,15-16H,14H2,1-2H3,(H,27,28). The van der Waals surface area contributed by atoms with Crippen molar-refractivity contribution in [1.29, 1.82) is 0 Å². The van der Waals surface area contributed by atoms with Crippen LogP contribution in [0.25, 0.3) is 0 Å². The van der Waals surface area contributed by atoms with Crippen LogP contribution in [0.2, 0.25) is 10.0 Å². The summed E-state index contributed by atoms with van der Waals surface area (Å²) in [5.74, 6) is 0.853. The topological polar surface area (TPSA) is 60.5 Å². The molecule has 1 heterocycles. The van der Waals surface area contributed by atoms with Gasteiger partial charge in [0.25, 0.3) is 5.91 Å². The van der Waals surface area contributed by atoms with Gasteiger partial charge in [0, 0.05) is 11.2 Å². The number of aromatic nitrogens is 1. The summed E-state index contributed by atoms with van der Waals surface area (Å²) in [6.07, 6.45) is 1.00.